The number of aliphatic hydroxyl groups is 1. The van der Waals surface area contributed by atoms with Gasteiger partial charge in [0.2, 0.25) is 5.95 Å². The lowest BCUT2D eigenvalue weighted by atomic mass is 9.93. The quantitative estimate of drug-likeness (QED) is 0.782. The molecule has 0 spiro atoms. The second kappa shape index (κ2) is 5.74. The highest BCUT2D eigenvalue weighted by atomic mass is 16.3. The summed E-state index contributed by atoms with van der Waals surface area (Å²) in [6.45, 7) is 6.29. The highest BCUT2D eigenvalue weighted by Crippen LogP contribution is 2.21. The average Bonchev–Trinajstić information content (AvgIpc) is 2.27. The summed E-state index contributed by atoms with van der Waals surface area (Å²) in [5.41, 5.74) is -0.0212. The molecule has 1 fully saturated rings. The Morgan fingerprint density at radius 3 is 2.79 bits per heavy atom. The van der Waals surface area contributed by atoms with E-state index in [0.717, 1.165) is 31.5 Å². The molecule has 1 saturated carbocycles. The maximum atomic E-state index is 9.67. The van der Waals surface area contributed by atoms with E-state index in [1.54, 1.807) is 6.20 Å². The van der Waals surface area contributed by atoms with E-state index in [2.05, 4.69) is 41.4 Å². The average molecular weight is 264 g/mol. The fourth-order valence-corrected chi connectivity index (χ4v) is 2.36. The number of hydrogen-bond donors (Lipinski definition) is 3. The van der Waals surface area contributed by atoms with Crippen molar-refractivity contribution in [2.75, 3.05) is 10.6 Å². The Kier molecular flexibility index (Phi) is 4.24. The smallest absolute Gasteiger partial charge is 0.224 e. The molecule has 0 unspecified atom stereocenters. The van der Waals surface area contributed by atoms with Gasteiger partial charge in [-0.1, -0.05) is 0 Å². The van der Waals surface area contributed by atoms with Crippen LogP contribution in [0.4, 0.5) is 11.8 Å². The van der Waals surface area contributed by atoms with Crippen molar-refractivity contribution >= 4 is 11.8 Å². The number of aliphatic hydroxyl groups excluding tert-OH is 1. The minimum Gasteiger partial charge on any atom is -0.393 e. The maximum Gasteiger partial charge on any atom is 0.224 e. The molecule has 0 bridgehead atoms. The van der Waals surface area contributed by atoms with Gasteiger partial charge in [-0.25, -0.2) is 4.98 Å². The van der Waals surface area contributed by atoms with Crippen molar-refractivity contribution in [2.45, 2.75) is 64.1 Å². The summed E-state index contributed by atoms with van der Waals surface area (Å²) >= 11 is 0. The molecule has 0 amide bonds. The molecular formula is C14H24N4O. The van der Waals surface area contributed by atoms with Gasteiger partial charge in [-0.05, 0) is 52.5 Å². The summed E-state index contributed by atoms with van der Waals surface area (Å²) in [5, 5.41) is 16.3. The van der Waals surface area contributed by atoms with Crippen LogP contribution in [-0.4, -0.2) is 32.8 Å². The van der Waals surface area contributed by atoms with Gasteiger partial charge in [0.05, 0.1) is 6.10 Å². The van der Waals surface area contributed by atoms with E-state index >= 15 is 0 Å². The Bertz CT molecular complexity index is 416. The molecule has 1 aliphatic rings. The summed E-state index contributed by atoms with van der Waals surface area (Å²) in [6, 6.07) is 2.14. The number of aromatic nitrogens is 2. The van der Waals surface area contributed by atoms with E-state index < -0.39 is 0 Å². The van der Waals surface area contributed by atoms with Gasteiger partial charge in [0, 0.05) is 17.8 Å². The summed E-state index contributed by atoms with van der Waals surface area (Å²) in [6.07, 6.45) is 5.37. The van der Waals surface area contributed by atoms with Crippen LogP contribution in [0.15, 0.2) is 12.3 Å². The zero-order valence-corrected chi connectivity index (χ0v) is 12.0. The molecule has 0 saturated heterocycles. The molecule has 0 radical (unpaired) electrons. The van der Waals surface area contributed by atoms with Gasteiger partial charge in [-0.15, -0.1) is 0 Å². The fraction of sp³-hybridized carbons (Fsp3) is 0.714. The van der Waals surface area contributed by atoms with Gasteiger partial charge in [0.15, 0.2) is 0 Å². The van der Waals surface area contributed by atoms with E-state index in [0.29, 0.717) is 5.95 Å². The van der Waals surface area contributed by atoms with Crippen LogP contribution in [0.3, 0.4) is 0 Å². The first-order valence-corrected chi connectivity index (χ1v) is 6.98. The maximum absolute atomic E-state index is 9.67. The van der Waals surface area contributed by atoms with Crippen molar-refractivity contribution < 1.29 is 5.11 Å². The fourth-order valence-electron chi connectivity index (χ4n) is 2.36. The highest BCUT2D eigenvalue weighted by molar-refractivity contribution is 5.41. The van der Waals surface area contributed by atoms with Gasteiger partial charge < -0.3 is 15.7 Å². The first-order chi connectivity index (χ1) is 8.92. The molecule has 5 heteroatoms. The predicted molar refractivity (Wildman–Crippen MR) is 77.3 cm³/mol. The molecule has 1 heterocycles. The molecule has 2 rings (SSSR count). The van der Waals surface area contributed by atoms with Gasteiger partial charge in [0.1, 0.15) is 5.82 Å². The van der Waals surface area contributed by atoms with Crippen molar-refractivity contribution in [1.29, 1.82) is 0 Å². The zero-order valence-electron chi connectivity index (χ0n) is 12.0. The number of nitrogens with zero attached hydrogens (tertiary/aromatic N) is 2. The first-order valence-electron chi connectivity index (χ1n) is 6.98. The Balaban J connectivity index is 1.98. The predicted octanol–water partition coefficient (Wildman–Crippen LogP) is 2.40. The molecule has 2 atom stereocenters. The van der Waals surface area contributed by atoms with Gasteiger partial charge >= 0.3 is 0 Å². The SMILES string of the molecule is CC(C)(C)Nc1ccnc(N[C@@H]2CCC[C@H](O)C2)n1. The van der Waals surface area contributed by atoms with Gasteiger partial charge in [-0.2, -0.15) is 4.98 Å². The second-order valence-corrected chi connectivity index (χ2v) is 6.30. The zero-order chi connectivity index (χ0) is 13.9. The number of hydrogen-bond acceptors (Lipinski definition) is 5. The summed E-state index contributed by atoms with van der Waals surface area (Å²) in [7, 11) is 0. The van der Waals surface area contributed by atoms with E-state index in [-0.39, 0.29) is 17.7 Å². The van der Waals surface area contributed by atoms with E-state index in [1.807, 2.05) is 6.07 Å². The van der Waals surface area contributed by atoms with Crippen LogP contribution >= 0.6 is 0 Å². The van der Waals surface area contributed by atoms with E-state index in [1.165, 1.54) is 0 Å². The van der Waals surface area contributed by atoms with Crippen LogP contribution in [0.5, 0.6) is 0 Å². The summed E-state index contributed by atoms with van der Waals surface area (Å²) < 4.78 is 0. The molecule has 1 aliphatic carbocycles. The molecule has 1 aromatic rings. The molecule has 0 aliphatic heterocycles. The van der Waals surface area contributed by atoms with Crippen molar-refractivity contribution in [3.8, 4) is 0 Å². The molecular weight excluding hydrogens is 240 g/mol. The van der Waals surface area contributed by atoms with Crippen LogP contribution in [0.1, 0.15) is 46.5 Å². The normalized spacial score (nSPS) is 24.0. The summed E-state index contributed by atoms with van der Waals surface area (Å²) in [5.74, 6) is 1.45. The minimum atomic E-state index is -0.192. The third-order valence-corrected chi connectivity index (χ3v) is 3.14. The van der Waals surface area contributed by atoms with Crippen molar-refractivity contribution in [3.63, 3.8) is 0 Å². The number of anilines is 2. The number of nitrogens with one attached hydrogen (secondary N) is 2. The van der Waals surface area contributed by atoms with E-state index in [4.69, 9.17) is 0 Å². The Hall–Kier alpha value is -1.36. The molecule has 3 N–H and O–H groups in total. The van der Waals surface area contributed by atoms with Crippen molar-refractivity contribution in [2.24, 2.45) is 0 Å². The van der Waals surface area contributed by atoms with Crippen molar-refractivity contribution in [1.82, 2.24) is 9.97 Å². The Morgan fingerprint density at radius 1 is 1.32 bits per heavy atom. The lowest BCUT2D eigenvalue weighted by Crippen LogP contribution is -2.31. The molecule has 5 nitrogen and oxygen atoms in total. The van der Waals surface area contributed by atoms with Crippen LogP contribution in [-0.2, 0) is 0 Å². The standard InChI is InChI=1S/C14H24N4O/c1-14(2,3)18-12-7-8-15-13(17-12)16-10-5-4-6-11(19)9-10/h7-8,10-11,19H,4-6,9H2,1-3H3,(H2,15,16,17,18)/t10-,11+/m1/s1. The molecule has 19 heavy (non-hydrogen) atoms. The molecule has 1 aromatic heterocycles. The van der Waals surface area contributed by atoms with Gasteiger partial charge in [0.25, 0.3) is 0 Å². The van der Waals surface area contributed by atoms with Crippen LogP contribution in [0, 0.1) is 0 Å². The van der Waals surface area contributed by atoms with Gasteiger partial charge in [-0.3, -0.25) is 0 Å². The largest absolute Gasteiger partial charge is 0.393 e. The minimum absolute atomic E-state index is 0.0212. The lowest BCUT2D eigenvalue weighted by Gasteiger charge is -2.27. The van der Waals surface area contributed by atoms with Crippen molar-refractivity contribution in [3.05, 3.63) is 12.3 Å². The molecule has 106 valence electrons. The van der Waals surface area contributed by atoms with E-state index in [9.17, 15) is 5.11 Å². The highest BCUT2D eigenvalue weighted by Gasteiger charge is 2.20. The lowest BCUT2D eigenvalue weighted by molar-refractivity contribution is 0.124. The topological polar surface area (TPSA) is 70.1 Å². The van der Waals surface area contributed by atoms with Crippen LogP contribution in [0.25, 0.3) is 0 Å². The summed E-state index contributed by atoms with van der Waals surface area (Å²) in [4.78, 5) is 8.71. The Morgan fingerprint density at radius 2 is 2.11 bits per heavy atom. The second-order valence-electron chi connectivity index (χ2n) is 6.30. The Labute approximate surface area is 114 Å². The molecule has 0 aromatic carbocycles. The van der Waals surface area contributed by atoms with Crippen LogP contribution < -0.4 is 10.6 Å². The first kappa shape index (κ1) is 14.1. The third kappa shape index (κ3) is 4.67. The number of rotatable bonds is 3. The monoisotopic (exact) mass is 264 g/mol. The van der Waals surface area contributed by atoms with Crippen LogP contribution in [0.2, 0.25) is 0 Å². The third-order valence-electron chi connectivity index (χ3n) is 3.14.